The minimum Gasteiger partial charge on any atom is -0.456 e. The number of para-hydroxylation sites is 3. The monoisotopic (exact) mass is 864 g/mol. The molecule has 0 atom stereocenters. The van der Waals surface area contributed by atoms with Crippen molar-refractivity contribution in [3.05, 3.63) is 218 Å². The molecule has 16 aromatic rings. The lowest BCUT2D eigenvalue weighted by Gasteiger charge is -2.16. The molecule has 0 radical (unpaired) electrons. The smallest absolute Gasteiger partial charge is 0.136 e. The zero-order valence-corrected chi connectivity index (χ0v) is 36.5. The van der Waals surface area contributed by atoms with Gasteiger partial charge in [0.05, 0.1) is 27.8 Å². The van der Waals surface area contributed by atoms with E-state index >= 15 is 0 Å². The first-order chi connectivity index (χ1) is 33.7. The van der Waals surface area contributed by atoms with Crippen molar-refractivity contribution in [1.29, 1.82) is 0 Å². The van der Waals surface area contributed by atoms with E-state index in [1.807, 2.05) is 6.07 Å². The molecule has 0 saturated heterocycles. The molecule has 0 N–H and O–H groups in total. The average molecular weight is 865 g/mol. The summed E-state index contributed by atoms with van der Waals surface area (Å²) in [5.74, 6) is 0. The van der Waals surface area contributed by atoms with Gasteiger partial charge in [0, 0.05) is 54.2 Å². The number of rotatable bonds is 3. The molecule has 4 aromatic heterocycles. The number of aromatic nitrogens is 2. The molecule has 0 saturated carbocycles. The van der Waals surface area contributed by atoms with Crippen LogP contribution in [0.5, 0.6) is 0 Å². The topological polar surface area (TPSA) is 36.1 Å². The van der Waals surface area contributed by atoms with Crippen LogP contribution in [0.2, 0.25) is 0 Å². The second-order valence-corrected chi connectivity index (χ2v) is 18.4. The van der Waals surface area contributed by atoms with Gasteiger partial charge in [-0.2, -0.15) is 0 Å². The van der Waals surface area contributed by atoms with Crippen LogP contribution in [-0.2, 0) is 0 Å². The normalized spacial score (nSPS) is 12.4. The number of nitrogens with zero attached hydrogens (tertiary/aromatic N) is 2. The lowest BCUT2D eigenvalue weighted by molar-refractivity contribution is 0.669. The quantitative estimate of drug-likeness (QED) is 0.166. The van der Waals surface area contributed by atoms with Crippen LogP contribution in [-0.4, -0.2) is 9.13 Å². The van der Waals surface area contributed by atoms with Crippen LogP contribution < -0.4 is 0 Å². The van der Waals surface area contributed by atoms with Gasteiger partial charge < -0.3 is 18.0 Å². The van der Waals surface area contributed by atoms with Crippen LogP contribution in [0.1, 0.15) is 0 Å². The third-order valence-electron chi connectivity index (χ3n) is 14.8. The maximum Gasteiger partial charge on any atom is 0.136 e. The van der Waals surface area contributed by atoms with E-state index < -0.39 is 0 Å². The van der Waals surface area contributed by atoms with Gasteiger partial charge in [-0.25, -0.2) is 0 Å². The second-order valence-electron chi connectivity index (χ2n) is 18.4. The van der Waals surface area contributed by atoms with Crippen molar-refractivity contribution in [2.24, 2.45) is 0 Å². The lowest BCUT2D eigenvalue weighted by Crippen LogP contribution is -1.96. The Labute approximate surface area is 387 Å². The number of furan rings is 2. The van der Waals surface area contributed by atoms with Crippen LogP contribution >= 0.6 is 0 Å². The SMILES string of the molecule is c1ccc2c(c1)ccc1cc(-n3c4ccccc4c4cc5oc6cc(-c7ccc8c(c7)c(-n7c9ccccc9c9cc%10oc%11ccccc%11c%10cc97)cc7ccccc78)ccc6c5cc43)ccc12. The Balaban J connectivity index is 0.888. The van der Waals surface area contributed by atoms with Crippen LogP contribution in [0.4, 0.5) is 0 Å². The molecule has 4 heterocycles. The van der Waals surface area contributed by atoms with E-state index in [0.717, 1.165) is 82.9 Å². The minimum absolute atomic E-state index is 0.871. The Morgan fingerprint density at radius 1 is 0.235 bits per heavy atom. The fourth-order valence-corrected chi connectivity index (χ4v) is 11.7. The van der Waals surface area contributed by atoms with Gasteiger partial charge in [-0.1, -0.05) is 140 Å². The maximum atomic E-state index is 6.85. The molecule has 12 aromatic carbocycles. The molecule has 68 heavy (non-hydrogen) atoms. The standard InChI is InChI=1S/C64H36N2O2/c1-3-13-43-37(11-1)21-22-41-29-42(25-28-45(41)43)65-56-18-8-5-15-47(56)52-35-64-55(33-59(52)65)50-27-24-39(32-62(50)68-64)38-23-26-46-44-14-4-2-12-40(44)31-58(51(46)30-38)66-57-19-9-6-16-48(57)53-36-63-54(34-60(53)66)49-17-7-10-20-61(49)67-63/h1-36H. The minimum atomic E-state index is 0.871. The fourth-order valence-electron chi connectivity index (χ4n) is 11.7. The Bertz CT molecular complexity index is 4860. The summed E-state index contributed by atoms with van der Waals surface area (Å²) in [5.41, 5.74) is 12.7. The molecule has 0 amide bonds. The lowest BCUT2D eigenvalue weighted by atomic mass is 9.95. The van der Waals surface area contributed by atoms with Crippen molar-refractivity contribution in [2.75, 3.05) is 0 Å². The third kappa shape index (κ3) is 4.93. The molecular formula is C64H36N2O2. The van der Waals surface area contributed by atoms with E-state index in [0.29, 0.717) is 0 Å². The van der Waals surface area contributed by atoms with E-state index in [4.69, 9.17) is 8.83 Å². The molecule has 0 bridgehead atoms. The Kier molecular flexibility index (Phi) is 7.04. The van der Waals surface area contributed by atoms with E-state index in [1.165, 1.54) is 70.2 Å². The summed E-state index contributed by atoms with van der Waals surface area (Å²) in [5, 5.41) is 19.0. The van der Waals surface area contributed by atoms with Crippen LogP contribution in [0.3, 0.4) is 0 Å². The first-order valence-corrected chi connectivity index (χ1v) is 23.3. The zero-order chi connectivity index (χ0) is 44.2. The van der Waals surface area contributed by atoms with Crippen molar-refractivity contribution in [2.45, 2.75) is 0 Å². The van der Waals surface area contributed by atoms with Gasteiger partial charge >= 0.3 is 0 Å². The maximum absolute atomic E-state index is 6.85. The van der Waals surface area contributed by atoms with Gasteiger partial charge in [-0.3, -0.25) is 0 Å². The Morgan fingerprint density at radius 3 is 1.50 bits per heavy atom. The van der Waals surface area contributed by atoms with Gasteiger partial charge in [-0.15, -0.1) is 0 Å². The Morgan fingerprint density at radius 2 is 0.735 bits per heavy atom. The summed E-state index contributed by atoms with van der Waals surface area (Å²) in [6.07, 6.45) is 0. The summed E-state index contributed by atoms with van der Waals surface area (Å²) < 4.78 is 18.2. The number of hydrogen-bond donors (Lipinski definition) is 0. The van der Waals surface area contributed by atoms with E-state index in [-0.39, 0.29) is 0 Å². The van der Waals surface area contributed by atoms with Gasteiger partial charge in [0.1, 0.15) is 22.3 Å². The molecular weight excluding hydrogens is 829 g/mol. The Hall–Kier alpha value is -9.12. The van der Waals surface area contributed by atoms with Crippen molar-refractivity contribution >= 4 is 131 Å². The molecule has 0 aliphatic heterocycles. The molecule has 314 valence electrons. The van der Waals surface area contributed by atoms with Crippen molar-refractivity contribution < 1.29 is 8.83 Å². The highest BCUT2D eigenvalue weighted by Crippen LogP contribution is 2.44. The first kappa shape index (κ1) is 36.1. The van der Waals surface area contributed by atoms with Gasteiger partial charge in [0.15, 0.2) is 0 Å². The zero-order valence-electron chi connectivity index (χ0n) is 36.5. The number of hydrogen-bond acceptors (Lipinski definition) is 2. The molecule has 0 unspecified atom stereocenters. The summed E-state index contributed by atoms with van der Waals surface area (Å²) >= 11 is 0. The highest BCUT2D eigenvalue weighted by atomic mass is 16.3. The molecule has 0 aliphatic carbocycles. The first-order valence-electron chi connectivity index (χ1n) is 23.3. The van der Waals surface area contributed by atoms with E-state index in [1.54, 1.807) is 0 Å². The van der Waals surface area contributed by atoms with Crippen LogP contribution in [0.25, 0.3) is 153 Å². The number of benzene rings is 12. The highest BCUT2D eigenvalue weighted by molar-refractivity contribution is 6.21. The summed E-state index contributed by atoms with van der Waals surface area (Å²) in [6.45, 7) is 0. The van der Waals surface area contributed by atoms with E-state index in [9.17, 15) is 0 Å². The largest absolute Gasteiger partial charge is 0.456 e. The molecule has 4 heteroatoms. The molecule has 4 nitrogen and oxygen atoms in total. The van der Waals surface area contributed by atoms with Crippen LogP contribution in [0.15, 0.2) is 227 Å². The molecule has 0 spiro atoms. The average Bonchev–Trinajstić information content (AvgIpc) is 4.13. The fraction of sp³-hybridized carbons (Fsp3) is 0. The van der Waals surface area contributed by atoms with Gasteiger partial charge in [0.25, 0.3) is 0 Å². The predicted octanol–water partition coefficient (Wildman–Crippen LogP) is 18.0. The number of fused-ring (bicyclic) bond motifs is 18. The van der Waals surface area contributed by atoms with Gasteiger partial charge in [-0.05, 0) is 128 Å². The summed E-state index contributed by atoms with van der Waals surface area (Å²) in [6, 6.07) is 79.7. The van der Waals surface area contributed by atoms with Crippen molar-refractivity contribution in [3.8, 4) is 22.5 Å². The summed E-state index contributed by atoms with van der Waals surface area (Å²) in [4.78, 5) is 0. The van der Waals surface area contributed by atoms with Crippen molar-refractivity contribution in [1.82, 2.24) is 9.13 Å². The van der Waals surface area contributed by atoms with Crippen molar-refractivity contribution in [3.63, 3.8) is 0 Å². The molecule has 0 aliphatic rings. The predicted molar refractivity (Wildman–Crippen MR) is 285 cm³/mol. The van der Waals surface area contributed by atoms with Gasteiger partial charge in [0.2, 0.25) is 0 Å². The van der Waals surface area contributed by atoms with E-state index in [2.05, 4.69) is 221 Å². The summed E-state index contributed by atoms with van der Waals surface area (Å²) in [7, 11) is 0. The molecule has 0 fully saturated rings. The van der Waals surface area contributed by atoms with Crippen LogP contribution in [0, 0.1) is 0 Å². The molecule has 16 rings (SSSR count). The highest BCUT2D eigenvalue weighted by Gasteiger charge is 2.21. The second kappa shape index (κ2) is 13.3. The third-order valence-corrected chi connectivity index (χ3v) is 14.8.